The molecule has 0 unspecified atom stereocenters. The maximum absolute atomic E-state index is 12.3. The summed E-state index contributed by atoms with van der Waals surface area (Å²) in [6.07, 6.45) is 5.22. The highest BCUT2D eigenvalue weighted by Gasteiger charge is 2.37. The van der Waals surface area contributed by atoms with Crippen LogP contribution in [0.4, 0.5) is 5.82 Å². The summed E-state index contributed by atoms with van der Waals surface area (Å²) < 4.78 is 25.9. The van der Waals surface area contributed by atoms with Gasteiger partial charge in [-0.1, -0.05) is 0 Å². The summed E-state index contributed by atoms with van der Waals surface area (Å²) in [5, 5.41) is 9.56. The second-order valence-corrected chi connectivity index (χ2v) is 8.67. The van der Waals surface area contributed by atoms with Gasteiger partial charge in [0.05, 0.1) is 17.2 Å². The third-order valence-electron chi connectivity index (χ3n) is 4.89. The number of hydrogen-bond acceptors (Lipinski definition) is 6. The van der Waals surface area contributed by atoms with Crippen LogP contribution in [0.5, 0.6) is 0 Å². The number of hydrogen-bond donors (Lipinski definition) is 1. The van der Waals surface area contributed by atoms with E-state index >= 15 is 0 Å². The summed E-state index contributed by atoms with van der Waals surface area (Å²) in [6.45, 7) is 0.251. The smallest absolute Gasteiger partial charge is 0.214 e. The standard InChI is InChI=1S/C16H22N6O2S/c1-21(7-3-5-17)25(23,24)10-12-8-13(9-12)22(2)16-14-4-6-18-15(14)19-11-20-16/h4,6,11-13H,3,7-10H2,1-2H3,(H,18,19,20). The molecule has 0 bridgehead atoms. The Labute approximate surface area is 147 Å². The monoisotopic (exact) mass is 362 g/mol. The summed E-state index contributed by atoms with van der Waals surface area (Å²) in [7, 11) is 0.230. The van der Waals surface area contributed by atoms with Gasteiger partial charge in [0.15, 0.2) is 0 Å². The first-order valence-electron chi connectivity index (χ1n) is 8.24. The highest BCUT2D eigenvalue weighted by atomic mass is 32.2. The Morgan fingerprint density at radius 3 is 2.84 bits per heavy atom. The molecule has 1 N–H and O–H groups in total. The molecule has 0 radical (unpaired) electrons. The molecule has 2 heterocycles. The molecular formula is C16H22N6O2S. The molecule has 0 atom stereocenters. The van der Waals surface area contributed by atoms with E-state index in [0.717, 1.165) is 29.7 Å². The van der Waals surface area contributed by atoms with E-state index in [1.165, 1.54) is 10.6 Å². The average molecular weight is 362 g/mol. The van der Waals surface area contributed by atoms with Crippen molar-refractivity contribution in [2.45, 2.75) is 25.3 Å². The van der Waals surface area contributed by atoms with Gasteiger partial charge >= 0.3 is 0 Å². The van der Waals surface area contributed by atoms with Gasteiger partial charge in [-0.05, 0) is 24.8 Å². The first kappa shape index (κ1) is 17.6. The van der Waals surface area contributed by atoms with Crippen LogP contribution in [0.2, 0.25) is 0 Å². The molecule has 0 spiro atoms. The van der Waals surface area contributed by atoms with Crippen molar-refractivity contribution in [3.8, 4) is 6.07 Å². The van der Waals surface area contributed by atoms with Crippen LogP contribution in [0.15, 0.2) is 18.6 Å². The zero-order valence-electron chi connectivity index (χ0n) is 14.4. The quantitative estimate of drug-likeness (QED) is 0.797. The van der Waals surface area contributed by atoms with Crippen LogP contribution in [0.1, 0.15) is 19.3 Å². The van der Waals surface area contributed by atoms with E-state index < -0.39 is 10.0 Å². The van der Waals surface area contributed by atoms with Gasteiger partial charge in [-0.15, -0.1) is 0 Å². The second kappa shape index (κ2) is 6.98. The maximum Gasteiger partial charge on any atom is 0.214 e. The molecule has 0 saturated heterocycles. The number of rotatable bonds is 7. The molecule has 9 heteroatoms. The highest BCUT2D eigenvalue weighted by molar-refractivity contribution is 7.89. The van der Waals surface area contributed by atoms with E-state index in [9.17, 15) is 8.42 Å². The maximum atomic E-state index is 12.3. The van der Waals surface area contributed by atoms with Gasteiger partial charge in [0.25, 0.3) is 0 Å². The Kier molecular flexibility index (Phi) is 4.92. The van der Waals surface area contributed by atoms with E-state index in [1.807, 2.05) is 25.4 Å². The van der Waals surface area contributed by atoms with Crippen molar-refractivity contribution in [2.24, 2.45) is 5.92 Å². The molecule has 0 aliphatic heterocycles. The van der Waals surface area contributed by atoms with Gasteiger partial charge < -0.3 is 9.88 Å². The number of anilines is 1. The van der Waals surface area contributed by atoms with Gasteiger partial charge in [-0.25, -0.2) is 22.7 Å². The van der Waals surface area contributed by atoms with Crippen molar-refractivity contribution in [1.82, 2.24) is 19.3 Å². The van der Waals surface area contributed by atoms with Gasteiger partial charge in [-0.3, -0.25) is 0 Å². The summed E-state index contributed by atoms with van der Waals surface area (Å²) in [6, 6.07) is 4.20. The molecule has 25 heavy (non-hydrogen) atoms. The molecule has 1 fully saturated rings. The molecule has 1 aliphatic rings. The first-order chi connectivity index (χ1) is 11.9. The lowest BCUT2D eigenvalue weighted by atomic mass is 9.81. The van der Waals surface area contributed by atoms with Gasteiger partial charge in [0, 0.05) is 39.3 Å². The van der Waals surface area contributed by atoms with Gasteiger partial charge in [0.2, 0.25) is 10.0 Å². The van der Waals surface area contributed by atoms with E-state index in [0.29, 0.717) is 0 Å². The number of nitrogens with zero attached hydrogens (tertiary/aromatic N) is 5. The lowest BCUT2D eigenvalue weighted by Crippen LogP contribution is -2.46. The molecule has 8 nitrogen and oxygen atoms in total. The van der Waals surface area contributed by atoms with Gasteiger partial charge in [0.1, 0.15) is 17.8 Å². The zero-order valence-corrected chi connectivity index (χ0v) is 15.2. The fraction of sp³-hybridized carbons (Fsp3) is 0.562. The lowest BCUT2D eigenvalue weighted by molar-refractivity contribution is 0.279. The third-order valence-corrected chi connectivity index (χ3v) is 6.91. The van der Waals surface area contributed by atoms with E-state index in [-0.39, 0.29) is 30.7 Å². The van der Waals surface area contributed by atoms with Crippen LogP contribution in [-0.4, -0.2) is 60.1 Å². The van der Waals surface area contributed by atoms with Crippen LogP contribution >= 0.6 is 0 Å². The SMILES string of the molecule is CN(c1ncnc2[nH]ccc12)C1CC(CS(=O)(=O)N(C)CCC#N)C1. The van der Waals surface area contributed by atoms with Crippen molar-refractivity contribution in [3.63, 3.8) is 0 Å². The summed E-state index contributed by atoms with van der Waals surface area (Å²) in [4.78, 5) is 13.8. The number of aromatic amines is 1. The number of H-pyrrole nitrogens is 1. The van der Waals surface area contributed by atoms with E-state index in [4.69, 9.17) is 5.26 Å². The lowest BCUT2D eigenvalue weighted by Gasteiger charge is -2.42. The Balaban J connectivity index is 1.59. The Morgan fingerprint density at radius 1 is 1.36 bits per heavy atom. The van der Waals surface area contributed by atoms with E-state index in [1.54, 1.807) is 7.05 Å². The van der Waals surface area contributed by atoms with Crippen LogP contribution < -0.4 is 4.90 Å². The summed E-state index contributed by atoms with van der Waals surface area (Å²) in [5.41, 5.74) is 0.800. The normalized spacial score (nSPS) is 20.4. The highest BCUT2D eigenvalue weighted by Crippen LogP contribution is 2.36. The molecule has 2 aromatic rings. The fourth-order valence-corrected chi connectivity index (χ4v) is 4.73. The summed E-state index contributed by atoms with van der Waals surface area (Å²) >= 11 is 0. The molecule has 3 rings (SSSR count). The van der Waals surface area contributed by atoms with Crippen molar-refractivity contribution in [1.29, 1.82) is 5.26 Å². The predicted octanol–water partition coefficient (Wildman–Crippen LogP) is 1.35. The van der Waals surface area contributed by atoms with Crippen LogP contribution in [0, 0.1) is 17.2 Å². The van der Waals surface area contributed by atoms with Gasteiger partial charge in [-0.2, -0.15) is 5.26 Å². The number of nitrogens with one attached hydrogen (secondary N) is 1. The Bertz CT molecular complexity index is 881. The first-order valence-corrected chi connectivity index (χ1v) is 9.85. The minimum absolute atomic E-state index is 0.141. The van der Waals surface area contributed by atoms with Crippen molar-refractivity contribution in [2.75, 3.05) is 31.3 Å². The summed E-state index contributed by atoms with van der Waals surface area (Å²) in [5.74, 6) is 1.15. The van der Waals surface area contributed by atoms with Crippen molar-refractivity contribution in [3.05, 3.63) is 18.6 Å². The number of nitriles is 1. The third kappa shape index (κ3) is 3.60. The molecule has 0 amide bonds. The minimum atomic E-state index is -3.30. The van der Waals surface area contributed by atoms with Crippen LogP contribution in [0.25, 0.3) is 11.0 Å². The molecular weight excluding hydrogens is 340 g/mol. The Morgan fingerprint density at radius 2 is 2.12 bits per heavy atom. The average Bonchev–Trinajstić information content (AvgIpc) is 3.03. The largest absolute Gasteiger partial charge is 0.356 e. The molecule has 2 aromatic heterocycles. The van der Waals surface area contributed by atoms with E-state index in [2.05, 4.69) is 19.9 Å². The zero-order chi connectivity index (χ0) is 18.0. The number of fused-ring (bicyclic) bond motifs is 1. The number of aromatic nitrogens is 3. The van der Waals surface area contributed by atoms with Crippen molar-refractivity contribution < 1.29 is 8.42 Å². The molecule has 1 aliphatic carbocycles. The fourth-order valence-electron chi connectivity index (χ4n) is 3.24. The van der Waals surface area contributed by atoms with Crippen LogP contribution in [0.3, 0.4) is 0 Å². The minimum Gasteiger partial charge on any atom is -0.356 e. The molecule has 134 valence electrons. The molecule has 0 aromatic carbocycles. The number of sulfonamides is 1. The predicted molar refractivity (Wildman–Crippen MR) is 95.5 cm³/mol. The van der Waals surface area contributed by atoms with Crippen molar-refractivity contribution >= 4 is 26.9 Å². The topological polar surface area (TPSA) is 106 Å². The Hall–Kier alpha value is -2.18. The second-order valence-electron chi connectivity index (χ2n) is 6.55. The van der Waals surface area contributed by atoms with Crippen LogP contribution in [-0.2, 0) is 10.0 Å². The molecule has 1 saturated carbocycles.